The fourth-order valence-electron chi connectivity index (χ4n) is 1.83. The molecule has 0 amide bonds. The third-order valence-electron chi connectivity index (χ3n) is 2.82. The molecule has 1 aliphatic rings. The van der Waals surface area contributed by atoms with Crippen LogP contribution in [0.1, 0.15) is 32.1 Å². The van der Waals surface area contributed by atoms with Gasteiger partial charge in [0.2, 0.25) is 10.0 Å². The van der Waals surface area contributed by atoms with Gasteiger partial charge in [-0.05, 0) is 12.8 Å². The number of hydrogen-bond acceptors (Lipinski definition) is 4. The van der Waals surface area contributed by atoms with Crippen molar-refractivity contribution < 1.29 is 17.9 Å². The Morgan fingerprint density at radius 1 is 1.41 bits per heavy atom. The van der Waals surface area contributed by atoms with Crippen LogP contribution in [0, 0.1) is 0 Å². The molecule has 2 unspecified atom stereocenters. The van der Waals surface area contributed by atoms with Gasteiger partial charge in [-0.2, -0.15) is 0 Å². The summed E-state index contributed by atoms with van der Waals surface area (Å²) in [5, 5.41) is 0. The molecule has 0 aromatic rings. The second-order valence-electron chi connectivity index (χ2n) is 4.17. The van der Waals surface area contributed by atoms with Crippen molar-refractivity contribution in [2.24, 2.45) is 0 Å². The van der Waals surface area contributed by atoms with E-state index in [1.165, 1.54) is 7.11 Å². The van der Waals surface area contributed by atoms with Crippen molar-refractivity contribution in [1.29, 1.82) is 0 Å². The van der Waals surface area contributed by atoms with Gasteiger partial charge >= 0.3 is 5.97 Å². The van der Waals surface area contributed by atoms with Crippen LogP contribution in [0.25, 0.3) is 0 Å². The fourth-order valence-corrected chi connectivity index (χ4v) is 4.02. The molecule has 1 rings (SSSR count). The highest BCUT2D eigenvalue weighted by Gasteiger charge is 2.27. The van der Waals surface area contributed by atoms with Crippen molar-refractivity contribution in [3.63, 3.8) is 0 Å². The molecule has 0 aromatic heterocycles. The zero-order chi connectivity index (χ0) is 12.9. The van der Waals surface area contributed by atoms with Gasteiger partial charge in [0.1, 0.15) is 0 Å². The van der Waals surface area contributed by atoms with Crippen molar-refractivity contribution in [3.8, 4) is 0 Å². The summed E-state index contributed by atoms with van der Waals surface area (Å²) < 4.78 is 30.5. The molecule has 0 aliphatic heterocycles. The smallest absolute Gasteiger partial charge is 0.306 e. The van der Waals surface area contributed by atoms with E-state index in [0.29, 0.717) is 0 Å². The number of methoxy groups -OCH3 is 1. The molecule has 7 heteroatoms. The fraction of sp³-hybridized carbons (Fsp3) is 0.900. The quantitative estimate of drug-likeness (QED) is 0.607. The van der Waals surface area contributed by atoms with Gasteiger partial charge in [0, 0.05) is 10.9 Å². The van der Waals surface area contributed by atoms with Crippen LogP contribution in [0.3, 0.4) is 0 Å². The SMILES string of the molecule is COC(=O)CCS(=O)(=O)NC1CCCCC1Br. The number of rotatable bonds is 5. The first-order valence-corrected chi connectivity index (χ1v) is 8.22. The van der Waals surface area contributed by atoms with E-state index in [-0.39, 0.29) is 23.0 Å². The lowest BCUT2D eigenvalue weighted by Gasteiger charge is -2.27. The Kier molecular flexibility index (Phi) is 5.88. The molecular formula is C10H18BrNO4S. The Balaban J connectivity index is 2.45. The Labute approximate surface area is 110 Å². The molecule has 0 aromatic carbocycles. The number of ether oxygens (including phenoxy) is 1. The van der Waals surface area contributed by atoms with Gasteiger partial charge in [-0.3, -0.25) is 4.79 Å². The molecule has 0 radical (unpaired) electrons. The lowest BCUT2D eigenvalue weighted by Crippen LogP contribution is -2.43. The Morgan fingerprint density at radius 3 is 2.65 bits per heavy atom. The van der Waals surface area contributed by atoms with Gasteiger partial charge < -0.3 is 4.74 Å². The summed E-state index contributed by atoms with van der Waals surface area (Å²) in [5.74, 6) is -0.718. The number of hydrogen-bond donors (Lipinski definition) is 1. The first kappa shape index (κ1) is 14.9. The van der Waals surface area contributed by atoms with E-state index in [4.69, 9.17) is 0 Å². The van der Waals surface area contributed by atoms with E-state index in [0.717, 1.165) is 25.7 Å². The predicted octanol–water partition coefficient (Wildman–Crippen LogP) is 1.17. The van der Waals surface area contributed by atoms with Crippen LogP contribution in [0.4, 0.5) is 0 Å². The molecule has 100 valence electrons. The number of esters is 1. The molecule has 2 atom stereocenters. The van der Waals surface area contributed by atoms with E-state index in [1.807, 2.05) is 0 Å². The lowest BCUT2D eigenvalue weighted by molar-refractivity contribution is -0.140. The van der Waals surface area contributed by atoms with Crippen LogP contribution in [-0.4, -0.2) is 38.1 Å². The van der Waals surface area contributed by atoms with Crippen molar-refractivity contribution in [3.05, 3.63) is 0 Å². The molecule has 1 N–H and O–H groups in total. The summed E-state index contributed by atoms with van der Waals surface area (Å²) >= 11 is 3.48. The summed E-state index contributed by atoms with van der Waals surface area (Å²) in [6.07, 6.45) is 3.87. The normalized spacial score (nSPS) is 25.5. The molecule has 17 heavy (non-hydrogen) atoms. The maximum atomic E-state index is 11.7. The molecule has 1 fully saturated rings. The Morgan fingerprint density at radius 2 is 2.06 bits per heavy atom. The zero-order valence-corrected chi connectivity index (χ0v) is 12.2. The summed E-state index contributed by atoms with van der Waals surface area (Å²) in [7, 11) is -2.15. The summed E-state index contributed by atoms with van der Waals surface area (Å²) in [5.41, 5.74) is 0. The second-order valence-corrected chi connectivity index (χ2v) is 7.22. The molecule has 0 spiro atoms. The number of alkyl halides is 1. The van der Waals surface area contributed by atoms with Gasteiger partial charge in [-0.1, -0.05) is 28.8 Å². The predicted molar refractivity (Wildman–Crippen MR) is 68.5 cm³/mol. The van der Waals surface area contributed by atoms with Gasteiger partial charge in [-0.15, -0.1) is 0 Å². The standard InChI is InChI=1S/C10H18BrNO4S/c1-16-10(13)6-7-17(14,15)12-9-5-3-2-4-8(9)11/h8-9,12H,2-7H2,1H3. The monoisotopic (exact) mass is 327 g/mol. The van der Waals surface area contributed by atoms with Crippen LogP contribution in [0.5, 0.6) is 0 Å². The van der Waals surface area contributed by atoms with Crippen LogP contribution in [0.2, 0.25) is 0 Å². The molecule has 1 aliphatic carbocycles. The van der Waals surface area contributed by atoms with Crippen molar-refractivity contribution in [1.82, 2.24) is 4.72 Å². The minimum Gasteiger partial charge on any atom is -0.469 e. The van der Waals surface area contributed by atoms with Crippen LogP contribution in [0.15, 0.2) is 0 Å². The first-order valence-electron chi connectivity index (χ1n) is 5.65. The molecule has 1 saturated carbocycles. The van der Waals surface area contributed by atoms with Crippen LogP contribution < -0.4 is 4.72 Å². The summed E-state index contributed by atoms with van der Waals surface area (Å²) in [6, 6.07) is -0.0635. The summed E-state index contributed by atoms with van der Waals surface area (Å²) in [4.78, 5) is 11.1. The van der Waals surface area contributed by atoms with E-state index < -0.39 is 16.0 Å². The summed E-state index contributed by atoms with van der Waals surface area (Å²) in [6.45, 7) is 0. The van der Waals surface area contributed by atoms with E-state index in [9.17, 15) is 13.2 Å². The minimum atomic E-state index is -3.40. The van der Waals surface area contributed by atoms with Crippen molar-refractivity contribution >= 4 is 31.9 Å². The van der Waals surface area contributed by atoms with E-state index in [2.05, 4.69) is 25.4 Å². The van der Waals surface area contributed by atoms with E-state index in [1.54, 1.807) is 0 Å². The maximum Gasteiger partial charge on any atom is 0.306 e. The molecular weight excluding hydrogens is 310 g/mol. The number of sulfonamides is 1. The number of carbonyl (C=O) groups excluding carboxylic acids is 1. The molecule has 0 bridgehead atoms. The van der Waals surface area contributed by atoms with Crippen LogP contribution >= 0.6 is 15.9 Å². The third kappa shape index (κ3) is 5.35. The minimum absolute atomic E-state index is 0.0635. The average Bonchev–Trinajstić information content (AvgIpc) is 2.29. The zero-order valence-electron chi connectivity index (χ0n) is 9.82. The first-order chi connectivity index (χ1) is 7.94. The molecule has 5 nitrogen and oxygen atoms in total. The topological polar surface area (TPSA) is 72.5 Å². The van der Waals surface area contributed by atoms with E-state index >= 15 is 0 Å². The van der Waals surface area contributed by atoms with Crippen LogP contribution in [-0.2, 0) is 19.6 Å². The van der Waals surface area contributed by atoms with Gasteiger partial charge in [0.05, 0.1) is 19.3 Å². The molecule has 0 heterocycles. The third-order valence-corrected chi connectivity index (χ3v) is 5.31. The second kappa shape index (κ2) is 6.70. The van der Waals surface area contributed by atoms with Crippen molar-refractivity contribution in [2.75, 3.05) is 12.9 Å². The highest BCUT2D eigenvalue weighted by Crippen LogP contribution is 2.25. The average molecular weight is 328 g/mol. The Bertz CT molecular complexity index is 357. The van der Waals surface area contributed by atoms with Crippen molar-refractivity contribution in [2.45, 2.75) is 43.0 Å². The van der Waals surface area contributed by atoms with Gasteiger partial charge in [-0.25, -0.2) is 13.1 Å². The number of halogens is 1. The lowest BCUT2D eigenvalue weighted by atomic mass is 9.96. The van der Waals surface area contributed by atoms with Gasteiger partial charge in [0.15, 0.2) is 0 Å². The largest absolute Gasteiger partial charge is 0.469 e. The maximum absolute atomic E-state index is 11.7. The Hall–Kier alpha value is -0.140. The highest BCUT2D eigenvalue weighted by molar-refractivity contribution is 9.09. The molecule has 0 saturated heterocycles. The highest BCUT2D eigenvalue weighted by atomic mass is 79.9. The number of nitrogens with one attached hydrogen (secondary N) is 1. The number of carbonyl (C=O) groups is 1. The van der Waals surface area contributed by atoms with Gasteiger partial charge in [0.25, 0.3) is 0 Å².